The molecule has 0 atom stereocenters. The zero-order valence-corrected chi connectivity index (χ0v) is 12.0. The molecule has 90 valence electrons. The van der Waals surface area contributed by atoms with Gasteiger partial charge in [0.05, 0.1) is 0 Å². The fourth-order valence-electron chi connectivity index (χ4n) is 1.80. The predicted octanol–water partition coefficient (Wildman–Crippen LogP) is 5.24. The van der Waals surface area contributed by atoms with Crippen molar-refractivity contribution in [3.05, 3.63) is 63.9 Å². The molecule has 1 nitrogen and oxygen atoms in total. The monoisotopic (exact) mass is 318 g/mol. The molecular weight excluding hydrogens is 308 g/mol. The minimum atomic E-state index is 0.626. The van der Waals surface area contributed by atoms with Gasteiger partial charge in [0, 0.05) is 14.0 Å². The van der Waals surface area contributed by atoms with E-state index in [2.05, 4.69) is 40.2 Å². The Morgan fingerprint density at radius 2 is 1.83 bits per heavy atom. The summed E-state index contributed by atoms with van der Waals surface area (Å²) in [4.78, 5) is 1.24. The molecule has 18 heavy (non-hydrogen) atoms. The van der Waals surface area contributed by atoms with Gasteiger partial charge in [0.15, 0.2) is 0 Å². The molecule has 0 N–H and O–H groups in total. The molecule has 3 aromatic rings. The minimum absolute atomic E-state index is 0.626. The van der Waals surface area contributed by atoms with Gasteiger partial charge in [-0.15, -0.1) is 11.3 Å². The summed E-state index contributed by atoms with van der Waals surface area (Å²) >= 11 is 5.27. The van der Waals surface area contributed by atoms with Crippen molar-refractivity contribution in [3.63, 3.8) is 0 Å². The standard InChI is InChI=1S/C15H11BrOS/c16-12-7-6-11-8-14(18-15(11)9-12)10-17-13-4-2-1-3-5-13/h1-9H,10H2. The van der Waals surface area contributed by atoms with Crippen LogP contribution in [0.2, 0.25) is 0 Å². The third-order valence-electron chi connectivity index (χ3n) is 2.66. The van der Waals surface area contributed by atoms with Crippen LogP contribution in [0.3, 0.4) is 0 Å². The SMILES string of the molecule is Brc1ccc2cc(COc3ccccc3)sc2c1. The van der Waals surface area contributed by atoms with E-state index in [0.29, 0.717) is 6.61 Å². The first-order chi connectivity index (χ1) is 8.81. The third-order valence-corrected chi connectivity index (χ3v) is 4.22. The average molecular weight is 319 g/mol. The number of para-hydroxylation sites is 1. The van der Waals surface area contributed by atoms with Crippen LogP contribution in [-0.2, 0) is 6.61 Å². The summed E-state index contributed by atoms with van der Waals surface area (Å²) in [5.41, 5.74) is 0. The van der Waals surface area contributed by atoms with Gasteiger partial charge in [0.25, 0.3) is 0 Å². The second kappa shape index (κ2) is 5.12. The maximum atomic E-state index is 5.75. The van der Waals surface area contributed by atoms with Crippen LogP contribution in [0, 0.1) is 0 Å². The average Bonchev–Trinajstić information content (AvgIpc) is 2.79. The lowest BCUT2D eigenvalue weighted by Gasteiger charge is -2.02. The number of hydrogen-bond acceptors (Lipinski definition) is 2. The summed E-state index contributed by atoms with van der Waals surface area (Å²) < 4.78 is 8.16. The molecule has 0 aliphatic rings. The van der Waals surface area contributed by atoms with E-state index in [1.807, 2.05) is 30.3 Å². The molecule has 0 amide bonds. The molecule has 0 radical (unpaired) electrons. The summed E-state index contributed by atoms with van der Waals surface area (Å²) in [6.45, 7) is 0.626. The van der Waals surface area contributed by atoms with Gasteiger partial charge in [-0.3, -0.25) is 0 Å². The smallest absolute Gasteiger partial charge is 0.122 e. The highest BCUT2D eigenvalue weighted by molar-refractivity contribution is 9.10. The molecule has 0 saturated heterocycles. The Bertz CT molecular complexity index is 661. The van der Waals surface area contributed by atoms with Crippen molar-refractivity contribution in [1.82, 2.24) is 0 Å². The van der Waals surface area contributed by atoms with Gasteiger partial charge in [-0.1, -0.05) is 40.2 Å². The van der Waals surface area contributed by atoms with Gasteiger partial charge in [-0.05, 0) is 35.7 Å². The number of halogens is 1. The zero-order chi connectivity index (χ0) is 12.4. The van der Waals surface area contributed by atoms with E-state index >= 15 is 0 Å². The van der Waals surface area contributed by atoms with Crippen molar-refractivity contribution >= 4 is 37.4 Å². The molecule has 0 aliphatic carbocycles. The minimum Gasteiger partial charge on any atom is -0.488 e. The Labute approximate surface area is 118 Å². The third kappa shape index (κ3) is 2.57. The van der Waals surface area contributed by atoms with Crippen LogP contribution in [0.15, 0.2) is 59.1 Å². The first kappa shape index (κ1) is 11.8. The lowest BCUT2D eigenvalue weighted by atomic mass is 10.2. The largest absolute Gasteiger partial charge is 0.488 e. The van der Waals surface area contributed by atoms with Crippen molar-refractivity contribution < 1.29 is 4.74 Å². The van der Waals surface area contributed by atoms with Gasteiger partial charge >= 0.3 is 0 Å². The van der Waals surface area contributed by atoms with Gasteiger partial charge in [0.1, 0.15) is 12.4 Å². The van der Waals surface area contributed by atoms with Crippen LogP contribution in [0.25, 0.3) is 10.1 Å². The zero-order valence-electron chi connectivity index (χ0n) is 9.60. The highest BCUT2D eigenvalue weighted by atomic mass is 79.9. The van der Waals surface area contributed by atoms with E-state index in [9.17, 15) is 0 Å². The van der Waals surface area contributed by atoms with Crippen LogP contribution in [0.5, 0.6) is 5.75 Å². The van der Waals surface area contributed by atoms with Crippen molar-refractivity contribution in [3.8, 4) is 5.75 Å². The summed E-state index contributed by atoms with van der Waals surface area (Å²) in [5.74, 6) is 0.913. The van der Waals surface area contributed by atoms with Crippen molar-refractivity contribution in [2.75, 3.05) is 0 Å². The molecule has 0 spiro atoms. The molecule has 2 aromatic carbocycles. The van der Waals surface area contributed by atoms with E-state index in [4.69, 9.17) is 4.74 Å². The Morgan fingerprint density at radius 1 is 1.00 bits per heavy atom. The Hall–Kier alpha value is -1.32. The maximum Gasteiger partial charge on any atom is 0.122 e. The van der Waals surface area contributed by atoms with Gasteiger partial charge in [-0.2, -0.15) is 0 Å². The van der Waals surface area contributed by atoms with Gasteiger partial charge < -0.3 is 4.74 Å². The molecular formula is C15H11BrOS. The first-order valence-corrected chi connectivity index (χ1v) is 7.28. The topological polar surface area (TPSA) is 9.23 Å². The molecule has 3 heteroatoms. The summed E-state index contributed by atoms with van der Waals surface area (Å²) in [5, 5.41) is 1.27. The van der Waals surface area contributed by atoms with Gasteiger partial charge in [0.2, 0.25) is 0 Å². The molecule has 0 aliphatic heterocycles. The van der Waals surface area contributed by atoms with E-state index in [-0.39, 0.29) is 0 Å². The molecule has 0 fully saturated rings. The number of ether oxygens (including phenoxy) is 1. The highest BCUT2D eigenvalue weighted by Crippen LogP contribution is 2.29. The van der Waals surface area contributed by atoms with E-state index in [1.165, 1.54) is 15.0 Å². The van der Waals surface area contributed by atoms with Crippen LogP contribution in [-0.4, -0.2) is 0 Å². The number of thiophene rings is 1. The molecule has 0 bridgehead atoms. The fraction of sp³-hybridized carbons (Fsp3) is 0.0667. The maximum absolute atomic E-state index is 5.75. The number of rotatable bonds is 3. The normalized spacial score (nSPS) is 10.7. The second-order valence-corrected chi connectivity index (χ2v) is 6.08. The molecule has 1 aromatic heterocycles. The van der Waals surface area contributed by atoms with Crippen LogP contribution in [0.1, 0.15) is 4.88 Å². The van der Waals surface area contributed by atoms with Crippen molar-refractivity contribution in [2.45, 2.75) is 6.61 Å². The van der Waals surface area contributed by atoms with Crippen LogP contribution >= 0.6 is 27.3 Å². The van der Waals surface area contributed by atoms with Crippen LogP contribution < -0.4 is 4.74 Å². The van der Waals surface area contributed by atoms with E-state index in [1.54, 1.807) is 11.3 Å². The Balaban J connectivity index is 1.79. The summed E-state index contributed by atoms with van der Waals surface area (Å²) in [6.07, 6.45) is 0. The lowest BCUT2D eigenvalue weighted by molar-refractivity contribution is 0.310. The van der Waals surface area contributed by atoms with Crippen molar-refractivity contribution in [2.24, 2.45) is 0 Å². The summed E-state index contributed by atoms with van der Waals surface area (Å²) in [7, 11) is 0. The number of fused-ring (bicyclic) bond motifs is 1. The quantitative estimate of drug-likeness (QED) is 0.641. The number of benzene rings is 2. The fourth-order valence-corrected chi connectivity index (χ4v) is 3.33. The van der Waals surface area contributed by atoms with Crippen LogP contribution in [0.4, 0.5) is 0 Å². The van der Waals surface area contributed by atoms with E-state index < -0.39 is 0 Å². The highest BCUT2D eigenvalue weighted by Gasteiger charge is 2.03. The van der Waals surface area contributed by atoms with E-state index in [0.717, 1.165) is 10.2 Å². The van der Waals surface area contributed by atoms with Gasteiger partial charge in [-0.25, -0.2) is 0 Å². The Morgan fingerprint density at radius 3 is 2.67 bits per heavy atom. The first-order valence-electron chi connectivity index (χ1n) is 5.67. The molecule has 3 rings (SSSR count). The predicted molar refractivity (Wildman–Crippen MR) is 80.3 cm³/mol. The lowest BCUT2D eigenvalue weighted by Crippen LogP contribution is -1.91. The summed E-state index contributed by atoms with van der Waals surface area (Å²) in [6, 6.07) is 18.4. The Kier molecular flexibility index (Phi) is 3.35. The molecule has 0 saturated carbocycles. The molecule has 0 unspecified atom stereocenters. The second-order valence-electron chi connectivity index (χ2n) is 4.00. The molecule has 1 heterocycles. The van der Waals surface area contributed by atoms with Crippen molar-refractivity contribution in [1.29, 1.82) is 0 Å². The number of hydrogen-bond donors (Lipinski definition) is 0.